The molecule has 0 radical (unpaired) electrons. The van der Waals surface area contributed by atoms with E-state index in [0.29, 0.717) is 11.4 Å². The second kappa shape index (κ2) is 9.29. The molecular weight excluding hydrogens is 460 g/mol. The van der Waals surface area contributed by atoms with Crippen molar-refractivity contribution in [1.82, 2.24) is 9.71 Å². The van der Waals surface area contributed by atoms with E-state index >= 15 is 0 Å². The summed E-state index contributed by atoms with van der Waals surface area (Å²) in [5.41, 5.74) is 2.19. The summed E-state index contributed by atoms with van der Waals surface area (Å²) in [6, 6.07) is 9.25. The molecule has 0 aliphatic carbocycles. The fourth-order valence-electron chi connectivity index (χ4n) is 3.35. The molecule has 34 heavy (non-hydrogen) atoms. The molecule has 0 atom stereocenters. The van der Waals surface area contributed by atoms with Crippen molar-refractivity contribution in [1.29, 1.82) is 0 Å². The van der Waals surface area contributed by atoms with Crippen LogP contribution >= 0.6 is 0 Å². The number of nitro groups is 1. The highest BCUT2D eigenvalue weighted by atomic mass is 32.2. The minimum Gasteiger partial charge on any atom is -0.438 e. The number of aromatic nitrogens is 1. The summed E-state index contributed by atoms with van der Waals surface area (Å²) in [6.07, 6.45) is 0. The van der Waals surface area contributed by atoms with Crippen LogP contribution in [-0.4, -0.2) is 24.2 Å². The smallest absolute Gasteiger partial charge is 0.270 e. The molecule has 10 nitrogen and oxygen atoms in total. The molecule has 0 aliphatic rings. The predicted octanol–water partition coefficient (Wildman–Crippen LogP) is 4.69. The van der Waals surface area contributed by atoms with Gasteiger partial charge in [0.25, 0.3) is 21.6 Å². The zero-order valence-electron chi connectivity index (χ0n) is 18.7. The number of hydrogen-bond donors (Lipinski definition) is 1. The average molecular weight is 481 g/mol. The third-order valence-corrected chi connectivity index (χ3v) is 6.21. The number of hydrogen-bond acceptors (Lipinski definition) is 7. The summed E-state index contributed by atoms with van der Waals surface area (Å²) >= 11 is 0. The molecule has 0 saturated carbocycles. The zero-order valence-corrected chi connectivity index (χ0v) is 19.6. The summed E-state index contributed by atoms with van der Waals surface area (Å²) in [6.45, 7) is 14.4. The van der Waals surface area contributed by atoms with Crippen LogP contribution in [0.2, 0.25) is 0 Å². The Morgan fingerprint density at radius 3 is 2.35 bits per heavy atom. The fraction of sp³-hybridized carbons (Fsp3) is 0.174. The number of carbonyl (C=O) groups is 1. The fourth-order valence-corrected chi connectivity index (χ4v) is 4.36. The molecule has 1 heterocycles. The number of nitro benzene ring substituents is 1. The highest BCUT2D eigenvalue weighted by Crippen LogP contribution is 2.33. The van der Waals surface area contributed by atoms with Gasteiger partial charge in [0, 0.05) is 17.8 Å². The first-order valence-electron chi connectivity index (χ1n) is 9.89. The number of aryl methyl sites for hydroxylation is 4. The minimum absolute atomic E-state index is 0.0441. The summed E-state index contributed by atoms with van der Waals surface area (Å²) in [4.78, 5) is 30.3. The van der Waals surface area contributed by atoms with E-state index in [0.717, 1.165) is 34.9 Å². The number of sulfonamides is 1. The topological polar surface area (TPSA) is 133 Å². The Hall–Kier alpha value is -4.30. The van der Waals surface area contributed by atoms with Crippen molar-refractivity contribution in [2.24, 2.45) is 0 Å². The van der Waals surface area contributed by atoms with Gasteiger partial charge in [0.2, 0.25) is 11.6 Å². The third kappa shape index (κ3) is 5.02. The van der Waals surface area contributed by atoms with Gasteiger partial charge in [0.15, 0.2) is 0 Å². The highest BCUT2D eigenvalue weighted by molar-refractivity contribution is 7.90. The standard InChI is InChI=1S/C23H20N4O6S/c1-13-9-14(2)21(15(3)10-13)33-23-19(12-20(24-5)16(4)25-23)22(28)26-34(31,32)18-8-6-7-17(11-18)27(29)30/h6-12H,1-4H3,(H,26,28). The molecule has 0 spiro atoms. The van der Waals surface area contributed by atoms with Gasteiger partial charge in [-0.25, -0.2) is 23.0 Å². The number of nitrogens with zero attached hydrogens (tertiary/aromatic N) is 3. The van der Waals surface area contributed by atoms with Crippen LogP contribution in [0, 0.1) is 44.4 Å². The Kier molecular flexibility index (Phi) is 6.65. The number of nitrogens with one attached hydrogen (secondary N) is 1. The summed E-state index contributed by atoms with van der Waals surface area (Å²) in [7, 11) is -4.47. The van der Waals surface area contributed by atoms with E-state index in [9.17, 15) is 23.3 Å². The molecule has 174 valence electrons. The van der Waals surface area contributed by atoms with Gasteiger partial charge in [-0.3, -0.25) is 14.9 Å². The largest absolute Gasteiger partial charge is 0.438 e. The average Bonchev–Trinajstić information content (AvgIpc) is 2.76. The minimum atomic E-state index is -4.47. The third-order valence-electron chi connectivity index (χ3n) is 4.89. The molecule has 3 aromatic rings. The summed E-state index contributed by atoms with van der Waals surface area (Å²) < 4.78 is 33.3. The van der Waals surface area contributed by atoms with Crippen LogP contribution < -0.4 is 9.46 Å². The Morgan fingerprint density at radius 1 is 1.12 bits per heavy atom. The van der Waals surface area contributed by atoms with Gasteiger partial charge in [-0.1, -0.05) is 23.8 Å². The van der Waals surface area contributed by atoms with E-state index in [2.05, 4.69) is 9.83 Å². The molecule has 0 aliphatic heterocycles. The SMILES string of the molecule is [C-]#[N+]c1cc(C(=O)NS(=O)(=O)c2cccc([N+](=O)[O-])c2)c(Oc2c(C)cc(C)cc2C)nc1C. The molecule has 0 unspecified atom stereocenters. The maximum atomic E-state index is 13.0. The lowest BCUT2D eigenvalue weighted by atomic mass is 10.1. The zero-order chi connectivity index (χ0) is 25.2. The number of ether oxygens (including phenoxy) is 1. The predicted molar refractivity (Wildman–Crippen MR) is 124 cm³/mol. The Morgan fingerprint density at radius 2 is 1.76 bits per heavy atom. The lowest BCUT2D eigenvalue weighted by Crippen LogP contribution is -2.31. The van der Waals surface area contributed by atoms with Gasteiger partial charge in [0.1, 0.15) is 5.75 Å². The van der Waals surface area contributed by atoms with Gasteiger partial charge < -0.3 is 4.74 Å². The number of pyridine rings is 1. The molecule has 11 heteroatoms. The van der Waals surface area contributed by atoms with Crippen LogP contribution in [0.25, 0.3) is 4.85 Å². The molecular formula is C23H20N4O6S. The van der Waals surface area contributed by atoms with Crippen LogP contribution in [0.3, 0.4) is 0 Å². The lowest BCUT2D eigenvalue weighted by molar-refractivity contribution is -0.385. The molecule has 0 bridgehead atoms. The number of rotatable bonds is 6. The van der Waals surface area contributed by atoms with E-state index in [1.54, 1.807) is 6.92 Å². The van der Waals surface area contributed by atoms with Crippen molar-refractivity contribution in [3.05, 3.63) is 91.9 Å². The molecule has 1 N–H and O–H groups in total. The maximum Gasteiger partial charge on any atom is 0.270 e. The quantitative estimate of drug-likeness (QED) is 0.307. The van der Waals surface area contributed by atoms with E-state index < -0.39 is 31.4 Å². The maximum absolute atomic E-state index is 13.0. The van der Waals surface area contributed by atoms with E-state index in [1.165, 1.54) is 12.1 Å². The van der Waals surface area contributed by atoms with Crippen molar-refractivity contribution in [3.8, 4) is 11.6 Å². The van der Waals surface area contributed by atoms with Crippen molar-refractivity contribution in [3.63, 3.8) is 0 Å². The van der Waals surface area contributed by atoms with Crippen LogP contribution in [0.1, 0.15) is 32.7 Å². The van der Waals surface area contributed by atoms with Crippen molar-refractivity contribution >= 4 is 27.3 Å². The van der Waals surface area contributed by atoms with Crippen LogP contribution in [0.4, 0.5) is 11.4 Å². The normalized spacial score (nSPS) is 10.9. The first kappa shape index (κ1) is 24.3. The number of non-ortho nitro benzene ring substituents is 1. The molecule has 2 aromatic carbocycles. The lowest BCUT2D eigenvalue weighted by Gasteiger charge is -2.16. The van der Waals surface area contributed by atoms with Gasteiger partial charge in [-0.05, 0) is 51.0 Å². The second-order valence-corrected chi connectivity index (χ2v) is 9.26. The van der Waals surface area contributed by atoms with E-state index in [4.69, 9.17) is 11.3 Å². The van der Waals surface area contributed by atoms with Crippen LogP contribution in [0.5, 0.6) is 11.6 Å². The number of benzene rings is 2. The van der Waals surface area contributed by atoms with E-state index in [-0.39, 0.29) is 17.1 Å². The van der Waals surface area contributed by atoms with Crippen molar-refractivity contribution in [2.75, 3.05) is 0 Å². The second-order valence-electron chi connectivity index (χ2n) is 7.58. The molecule has 3 rings (SSSR count). The molecule has 1 aromatic heterocycles. The molecule has 0 fully saturated rings. The van der Waals surface area contributed by atoms with Gasteiger partial charge in [-0.2, -0.15) is 0 Å². The summed E-state index contributed by atoms with van der Waals surface area (Å²) in [5.74, 6) is -0.823. The van der Waals surface area contributed by atoms with Crippen LogP contribution in [0.15, 0.2) is 47.4 Å². The van der Waals surface area contributed by atoms with Crippen LogP contribution in [-0.2, 0) is 10.0 Å². The van der Waals surface area contributed by atoms with Crippen molar-refractivity contribution < 1.29 is 22.9 Å². The first-order valence-corrected chi connectivity index (χ1v) is 11.4. The number of carbonyl (C=O) groups excluding carboxylic acids is 1. The molecule has 1 amide bonds. The Balaban J connectivity index is 2.05. The van der Waals surface area contributed by atoms with Gasteiger partial charge in [-0.15, -0.1) is 0 Å². The Labute approximate surface area is 196 Å². The monoisotopic (exact) mass is 480 g/mol. The van der Waals surface area contributed by atoms with Gasteiger partial charge >= 0.3 is 0 Å². The molecule has 0 saturated heterocycles. The van der Waals surface area contributed by atoms with Crippen molar-refractivity contribution in [2.45, 2.75) is 32.6 Å². The Bertz CT molecular complexity index is 1450. The first-order chi connectivity index (χ1) is 15.9. The van der Waals surface area contributed by atoms with Gasteiger partial charge in [0.05, 0.1) is 22.0 Å². The summed E-state index contributed by atoms with van der Waals surface area (Å²) in [5, 5.41) is 11.0. The highest BCUT2D eigenvalue weighted by Gasteiger charge is 2.25. The van der Waals surface area contributed by atoms with E-state index in [1.807, 2.05) is 37.6 Å². The number of amides is 1.